The second kappa shape index (κ2) is 4.14. The van der Waals surface area contributed by atoms with Crippen LogP contribution in [-0.2, 0) is 4.74 Å². The molecule has 0 bridgehead atoms. The fourth-order valence-electron chi connectivity index (χ4n) is 2.02. The van der Waals surface area contributed by atoms with Gasteiger partial charge in [0.05, 0.1) is 17.6 Å². The van der Waals surface area contributed by atoms with E-state index in [0.29, 0.717) is 5.92 Å². The van der Waals surface area contributed by atoms with Crippen LogP contribution in [-0.4, -0.2) is 29.7 Å². The molecule has 1 fully saturated rings. The zero-order valence-corrected chi connectivity index (χ0v) is 9.07. The Hall–Kier alpha value is -1.55. The van der Waals surface area contributed by atoms with Crippen molar-refractivity contribution >= 4 is 17.0 Å². The lowest BCUT2D eigenvalue weighted by Crippen LogP contribution is -2.14. The summed E-state index contributed by atoms with van der Waals surface area (Å²) < 4.78 is 5.33. The minimum absolute atomic E-state index is 0.619. The van der Waals surface area contributed by atoms with E-state index in [1.54, 1.807) is 0 Å². The van der Waals surface area contributed by atoms with Crippen LogP contribution in [0, 0.1) is 5.92 Å². The number of benzene rings is 1. The quantitative estimate of drug-likeness (QED) is 0.826. The molecule has 1 aliphatic rings. The van der Waals surface area contributed by atoms with Crippen molar-refractivity contribution in [2.45, 2.75) is 6.42 Å². The molecule has 2 N–H and O–H groups in total. The van der Waals surface area contributed by atoms with Gasteiger partial charge in [0.25, 0.3) is 0 Å². The predicted molar refractivity (Wildman–Crippen MR) is 63.5 cm³/mol. The van der Waals surface area contributed by atoms with E-state index in [-0.39, 0.29) is 0 Å². The Kier molecular flexibility index (Phi) is 2.50. The summed E-state index contributed by atoms with van der Waals surface area (Å²) in [6.07, 6.45) is 1.15. The van der Waals surface area contributed by atoms with Crippen LogP contribution in [0.25, 0.3) is 11.0 Å². The first-order valence-electron chi connectivity index (χ1n) is 5.68. The Labute approximate surface area is 94.0 Å². The molecule has 1 aromatic heterocycles. The van der Waals surface area contributed by atoms with E-state index in [1.165, 1.54) is 0 Å². The first-order valence-corrected chi connectivity index (χ1v) is 5.68. The fourth-order valence-corrected chi connectivity index (χ4v) is 2.02. The molecule has 0 radical (unpaired) electrons. The number of aromatic amines is 1. The van der Waals surface area contributed by atoms with Gasteiger partial charge in [-0.1, -0.05) is 12.1 Å². The SMILES string of the molecule is c1ccc2[nH]c(NCC3CCOC3)nc2c1. The van der Waals surface area contributed by atoms with Crippen molar-refractivity contribution in [2.75, 3.05) is 25.1 Å². The molecule has 2 aromatic rings. The number of aromatic nitrogens is 2. The van der Waals surface area contributed by atoms with Gasteiger partial charge in [-0.2, -0.15) is 0 Å². The molecular weight excluding hydrogens is 202 g/mol. The molecule has 1 saturated heterocycles. The molecule has 1 atom stereocenters. The highest BCUT2D eigenvalue weighted by atomic mass is 16.5. The lowest BCUT2D eigenvalue weighted by molar-refractivity contribution is 0.187. The van der Waals surface area contributed by atoms with Gasteiger partial charge in [0.15, 0.2) is 0 Å². The van der Waals surface area contributed by atoms with Gasteiger partial charge in [-0.3, -0.25) is 0 Å². The van der Waals surface area contributed by atoms with Crippen LogP contribution >= 0.6 is 0 Å². The fraction of sp³-hybridized carbons (Fsp3) is 0.417. The first-order chi connectivity index (χ1) is 7.92. The number of anilines is 1. The minimum Gasteiger partial charge on any atom is -0.381 e. The van der Waals surface area contributed by atoms with Gasteiger partial charge in [-0.05, 0) is 18.6 Å². The standard InChI is InChI=1S/C12H15N3O/c1-2-4-11-10(3-1)14-12(15-11)13-7-9-5-6-16-8-9/h1-4,9H,5-8H2,(H2,13,14,15). The summed E-state index contributed by atoms with van der Waals surface area (Å²) in [7, 11) is 0. The molecule has 0 spiro atoms. The van der Waals surface area contributed by atoms with Crippen molar-refractivity contribution in [3.05, 3.63) is 24.3 Å². The van der Waals surface area contributed by atoms with Gasteiger partial charge in [0, 0.05) is 19.1 Å². The van der Waals surface area contributed by atoms with Crippen molar-refractivity contribution in [2.24, 2.45) is 5.92 Å². The van der Waals surface area contributed by atoms with E-state index in [0.717, 1.165) is 43.2 Å². The number of nitrogens with zero attached hydrogens (tertiary/aromatic N) is 1. The number of para-hydroxylation sites is 2. The third-order valence-electron chi connectivity index (χ3n) is 2.97. The number of hydrogen-bond donors (Lipinski definition) is 2. The van der Waals surface area contributed by atoms with Crippen LogP contribution < -0.4 is 5.32 Å². The Morgan fingerprint density at radius 2 is 2.38 bits per heavy atom. The molecular formula is C12H15N3O. The molecule has 4 nitrogen and oxygen atoms in total. The average Bonchev–Trinajstić information content (AvgIpc) is 2.95. The summed E-state index contributed by atoms with van der Waals surface area (Å²) in [5.74, 6) is 1.47. The molecule has 16 heavy (non-hydrogen) atoms. The maximum absolute atomic E-state index is 5.33. The number of rotatable bonds is 3. The summed E-state index contributed by atoms with van der Waals surface area (Å²) >= 11 is 0. The van der Waals surface area contributed by atoms with E-state index >= 15 is 0 Å². The number of fused-ring (bicyclic) bond motifs is 1. The van der Waals surface area contributed by atoms with Crippen LogP contribution in [0.15, 0.2) is 24.3 Å². The number of hydrogen-bond acceptors (Lipinski definition) is 3. The second-order valence-corrected chi connectivity index (χ2v) is 4.21. The van der Waals surface area contributed by atoms with Crippen LogP contribution in [0.1, 0.15) is 6.42 Å². The van der Waals surface area contributed by atoms with E-state index in [9.17, 15) is 0 Å². The highest BCUT2D eigenvalue weighted by Crippen LogP contribution is 2.16. The molecule has 1 aliphatic heterocycles. The number of nitrogens with one attached hydrogen (secondary N) is 2. The summed E-state index contributed by atoms with van der Waals surface area (Å²) in [5.41, 5.74) is 2.08. The van der Waals surface area contributed by atoms with Gasteiger partial charge in [-0.25, -0.2) is 4.98 Å². The molecule has 2 heterocycles. The predicted octanol–water partition coefficient (Wildman–Crippen LogP) is 2.01. The topological polar surface area (TPSA) is 49.9 Å². The van der Waals surface area contributed by atoms with Gasteiger partial charge < -0.3 is 15.0 Å². The average molecular weight is 217 g/mol. The zero-order chi connectivity index (χ0) is 10.8. The van der Waals surface area contributed by atoms with E-state index < -0.39 is 0 Å². The minimum atomic E-state index is 0.619. The number of H-pyrrole nitrogens is 1. The van der Waals surface area contributed by atoms with Crippen molar-refractivity contribution in [3.8, 4) is 0 Å². The number of ether oxygens (including phenoxy) is 1. The Morgan fingerprint density at radius 1 is 1.44 bits per heavy atom. The third kappa shape index (κ3) is 1.88. The third-order valence-corrected chi connectivity index (χ3v) is 2.97. The molecule has 0 saturated carbocycles. The van der Waals surface area contributed by atoms with E-state index in [1.807, 2.05) is 24.3 Å². The number of imidazole rings is 1. The highest BCUT2D eigenvalue weighted by Gasteiger charge is 2.15. The Morgan fingerprint density at radius 3 is 3.19 bits per heavy atom. The van der Waals surface area contributed by atoms with Crippen LogP contribution in [0.3, 0.4) is 0 Å². The lowest BCUT2D eigenvalue weighted by atomic mass is 10.1. The Balaban J connectivity index is 1.69. The summed E-state index contributed by atoms with van der Waals surface area (Å²) in [6.45, 7) is 2.69. The lowest BCUT2D eigenvalue weighted by Gasteiger charge is -2.07. The molecule has 0 amide bonds. The van der Waals surface area contributed by atoms with Crippen LogP contribution in [0.4, 0.5) is 5.95 Å². The maximum atomic E-state index is 5.33. The van der Waals surface area contributed by atoms with Gasteiger partial charge in [-0.15, -0.1) is 0 Å². The Bertz CT molecular complexity index is 441. The van der Waals surface area contributed by atoms with Crippen molar-refractivity contribution in [1.82, 2.24) is 9.97 Å². The zero-order valence-electron chi connectivity index (χ0n) is 9.07. The van der Waals surface area contributed by atoms with E-state index in [2.05, 4.69) is 15.3 Å². The van der Waals surface area contributed by atoms with Crippen molar-refractivity contribution < 1.29 is 4.74 Å². The van der Waals surface area contributed by atoms with Crippen molar-refractivity contribution in [3.63, 3.8) is 0 Å². The molecule has 84 valence electrons. The van der Waals surface area contributed by atoms with Crippen molar-refractivity contribution in [1.29, 1.82) is 0 Å². The largest absolute Gasteiger partial charge is 0.381 e. The van der Waals surface area contributed by atoms with Gasteiger partial charge in [0.1, 0.15) is 0 Å². The normalized spacial score (nSPS) is 20.4. The van der Waals surface area contributed by atoms with Gasteiger partial charge in [0.2, 0.25) is 5.95 Å². The molecule has 1 aromatic carbocycles. The van der Waals surface area contributed by atoms with Gasteiger partial charge >= 0.3 is 0 Å². The second-order valence-electron chi connectivity index (χ2n) is 4.21. The monoisotopic (exact) mass is 217 g/mol. The maximum Gasteiger partial charge on any atom is 0.201 e. The summed E-state index contributed by atoms with van der Waals surface area (Å²) in [6, 6.07) is 8.05. The van der Waals surface area contributed by atoms with E-state index in [4.69, 9.17) is 4.74 Å². The highest BCUT2D eigenvalue weighted by molar-refractivity contribution is 5.77. The van der Waals surface area contributed by atoms with Crippen LogP contribution in [0.2, 0.25) is 0 Å². The van der Waals surface area contributed by atoms with Crippen LogP contribution in [0.5, 0.6) is 0 Å². The molecule has 3 rings (SSSR count). The molecule has 4 heteroatoms. The molecule has 0 aliphatic carbocycles. The summed E-state index contributed by atoms with van der Waals surface area (Å²) in [4.78, 5) is 7.72. The molecule has 1 unspecified atom stereocenters. The summed E-state index contributed by atoms with van der Waals surface area (Å²) in [5, 5.41) is 3.33. The smallest absolute Gasteiger partial charge is 0.201 e. The first kappa shape index (κ1) is 9.66.